The minimum atomic E-state index is -0.212. The van der Waals surface area contributed by atoms with E-state index in [1.165, 1.54) is 12.0 Å². The third-order valence-electron chi connectivity index (χ3n) is 3.50. The smallest absolute Gasteiger partial charge is 0.165 e. The van der Waals surface area contributed by atoms with Gasteiger partial charge in [0, 0.05) is 11.6 Å². The summed E-state index contributed by atoms with van der Waals surface area (Å²) in [5.74, 6) is 0.286. The van der Waals surface area contributed by atoms with Gasteiger partial charge in [-0.1, -0.05) is 6.07 Å². The Balaban J connectivity index is 2.04. The molecule has 2 heterocycles. The second-order valence-corrected chi connectivity index (χ2v) is 4.55. The largest absolute Gasteiger partial charge is 0.490 e. The molecule has 0 bridgehead atoms. The molecule has 16 heavy (non-hydrogen) atoms. The van der Waals surface area contributed by atoms with E-state index in [4.69, 9.17) is 4.74 Å². The van der Waals surface area contributed by atoms with E-state index in [-0.39, 0.29) is 5.82 Å². The zero-order chi connectivity index (χ0) is 11.0. The lowest BCUT2D eigenvalue weighted by atomic mass is 9.94. The molecule has 3 rings (SSSR count). The van der Waals surface area contributed by atoms with Crippen molar-refractivity contribution in [2.24, 2.45) is 0 Å². The Labute approximate surface area is 94.8 Å². The molecule has 1 aromatic rings. The van der Waals surface area contributed by atoms with Crippen molar-refractivity contribution in [2.45, 2.75) is 31.7 Å². The van der Waals surface area contributed by atoms with Crippen molar-refractivity contribution in [2.75, 3.05) is 13.2 Å². The van der Waals surface area contributed by atoms with Gasteiger partial charge >= 0.3 is 0 Å². The number of nitrogens with one attached hydrogen (secondary N) is 1. The fraction of sp³-hybridized carbons (Fsp3) is 0.538. The second-order valence-electron chi connectivity index (χ2n) is 4.55. The van der Waals surface area contributed by atoms with Gasteiger partial charge in [0.15, 0.2) is 11.6 Å². The van der Waals surface area contributed by atoms with E-state index < -0.39 is 0 Å². The topological polar surface area (TPSA) is 21.3 Å². The first-order valence-electron chi connectivity index (χ1n) is 6.04. The molecule has 2 nitrogen and oxygen atoms in total. The van der Waals surface area contributed by atoms with Gasteiger partial charge in [-0.05, 0) is 43.9 Å². The maximum atomic E-state index is 13.6. The predicted octanol–water partition coefficient (Wildman–Crippen LogP) is 2.58. The Morgan fingerprint density at radius 2 is 2.25 bits per heavy atom. The van der Waals surface area contributed by atoms with Crippen molar-refractivity contribution in [1.82, 2.24) is 5.32 Å². The van der Waals surface area contributed by atoms with Crippen LogP contribution < -0.4 is 10.1 Å². The number of hydrogen-bond donors (Lipinski definition) is 1. The highest BCUT2D eigenvalue weighted by Crippen LogP contribution is 2.36. The average Bonchev–Trinajstić information content (AvgIpc) is 2.83. The Bertz CT molecular complexity index is 399. The molecule has 86 valence electrons. The molecule has 3 heteroatoms. The first-order valence-corrected chi connectivity index (χ1v) is 6.04. The summed E-state index contributed by atoms with van der Waals surface area (Å²) < 4.78 is 19.0. The van der Waals surface area contributed by atoms with Gasteiger partial charge in [-0.3, -0.25) is 0 Å². The average molecular weight is 221 g/mol. The molecular weight excluding hydrogens is 205 g/mol. The lowest BCUT2D eigenvalue weighted by molar-refractivity contribution is 0.271. The van der Waals surface area contributed by atoms with Crippen LogP contribution in [0, 0.1) is 5.82 Å². The number of ether oxygens (including phenoxy) is 1. The van der Waals surface area contributed by atoms with E-state index >= 15 is 0 Å². The molecular formula is C13H16FNO. The van der Waals surface area contributed by atoms with Crippen LogP contribution in [0.4, 0.5) is 4.39 Å². The standard InChI is InChI=1S/C13H16FNO/c14-11-6-5-9(12-4-1-7-15-12)10-3-2-8-16-13(10)11/h5-6,12,15H,1-4,7-8H2/t12-/m1/s1. The van der Waals surface area contributed by atoms with E-state index in [0.717, 1.165) is 31.4 Å². The minimum Gasteiger partial charge on any atom is -0.490 e. The maximum absolute atomic E-state index is 13.6. The molecule has 1 atom stereocenters. The zero-order valence-corrected chi connectivity index (χ0v) is 9.26. The summed E-state index contributed by atoms with van der Waals surface area (Å²) in [5.41, 5.74) is 2.33. The van der Waals surface area contributed by atoms with Crippen LogP contribution >= 0.6 is 0 Å². The zero-order valence-electron chi connectivity index (χ0n) is 9.26. The number of benzene rings is 1. The van der Waals surface area contributed by atoms with E-state index in [2.05, 4.69) is 5.32 Å². The quantitative estimate of drug-likeness (QED) is 0.787. The summed E-state index contributed by atoms with van der Waals surface area (Å²) in [5, 5.41) is 3.46. The molecule has 0 saturated carbocycles. The first kappa shape index (κ1) is 10.1. The Morgan fingerprint density at radius 1 is 1.31 bits per heavy atom. The van der Waals surface area contributed by atoms with Crippen molar-refractivity contribution in [3.8, 4) is 5.75 Å². The number of rotatable bonds is 1. The molecule has 0 aliphatic carbocycles. The second kappa shape index (κ2) is 4.06. The highest BCUT2D eigenvalue weighted by Gasteiger charge is 2.24. The lowest BCUT2D eigenvalue weighted by Crippen LogP contribution is -2.18. The van der Waals surface area contributed by atoms with Gasteiger partial charge in [0.25, 0.3) is 0 Å². The van der Waals surface area contributed by atoms with Gasteiger partial charge in [-0.15, -0.1) is 0 Å². The van der Waals surface area contributed by atoms with Gasteiger partial charge in [-0.25, -0.2) is 4.39 Å². The molecule has 1 aromatic carbocycles. The van der Waals surface area contributed by atoms with Crippen molar-refractivity contribution in [3.63, 3.8) is 0 Å². The van der Waals surface area contributed by atoms with Crippen LogP contribution in [0.3, 0.4) is 0 Å². The van der Waals surface area contributed by atoms with Crippen molar-refractivity contribution >= 4 is 0 Å². The van der Waals surface area contributed by atoms with Crippen molar-refractivity contribution in [3.05, 3.63) is 29.1 Å². The van der Waals surface area contributed by atoms with Gasteiger partial charge in [0.2, 0.25) is 0 Å². The van der Waals surface area contributed by atoms with E-state index in [1.807, 2.05) is 6.07 Å². The van der Waals surface area contributed by atoms with Crippen molar-refractivity contribution < 1.29 is 9.13 Å². The molecule has 2 aliphatic rings. The number of hydrogen-bond acceptors (Lipinski definition) is 2. The van der Waals surface area contributed by atoms with Crippen LogP contribution in [0.5, 0.6) is 5.75 Å². The third kappa shape index (κ3) is 1.59. The molecule has 1 fully saturated rings. The number of halogens is 1. The molecule has 0 radical (unpaired) electrons. The maximum Gasteiger partial charge on any atom is 0.165 e. The van der Waals surface area contributed by atoms with Gasteiger partial charge in [-0.2, -0.15) is 0 Å². The predicted molar refractivity (Wildman–Crippen MR) is 60.2 cm³/mol. The summed E-state index contributed by atoms with van der Waals surface area (Å²) in [6.07, 6.45) is 4.30. The Kier molecular flexibility index (Phi) is 2.56. The molecule has 0 unspecified atom stereocenters. The highest BCUT2D eigenvalue weighted by atomic mass is 19.1. The van der Waals surface area contributed by atoms with Crippen LogP contribution in [-0.4, -0.2) is 13.2 Å². The van der Waals surface area contributed by atoms with Crippen LogP contribution in [-0.2, 0) is 6.42 Å². The Morgan fingerprint density at radius 3 is 3.06 bits per heavy atom. The summed E-state index contributed by atoms with van der Waals surface area (Å²) in [4.78, 5) is 0. The minimum absolute atomic E-state index is 0.212. The van der Waals surface area contributed by atoms with Gasteiger partial charge < -0.3 is 10.1 Å². The summed E-state index contributed by atoms with van der Waals surface area (Å²) in [6, 6.07) is 3.86. The fourth-order valence-corrected chi connectivity index (χ4v) is 2.73. The molecule has 1 N–H and O–H groups in total. The first-order chi connectivity index (χ1) is 7.86. The Hall–Kier alpha value is -1.09. The van der Waals surface area contributed by atoms with E-state index in [9.17, 15) is 4.39 Å². The van der Waals surface area contributed by atoms with Crippen molar-refractivity contribution in [1.29, 1.82) is 0 Å². The molecule has 0 spiro atoms. The highest BCUT2D eigenvalue weighted by molar-refractivity contribution is 5.44. The van der Waals surface area contributed by atoms with Crippen LogP contribution in [0.15, 0.2) is 12.1 Å². The van der Waals surface area contributed by atoms with E-state index in [1.54, 1.807) is 6.07 Å². The fourth-order valence-electron chi connectivity index (χ4n) is 2.73. The SMILES string of the molecule is Fc1ccc([C@H]2CCCN2)c2c1OCCC2. The van der Waals surface area contributed by atoms with E-state index in [0.29, 0.717) is 18.4 Å². The summed E-state index contributed by atoms with van der Waals surface area (Å²) in [6.45, 7) is 1.71. The molecule has 2 aliphatic heterocycles. The normalized spacial score (nSPS) is 23.9. The third-order valence-corrected chi connectivity index (χ3v) is 3.50. The van der Waals surface area contributed by atoms with Gasteiger partial charge in [0.1, 0.15) is 0 Å². The molecule has 0 amide bonds. The lowest BCUT2D eigenvalue weighted by Gasteiger charge is -2.23. The van der Waals surface area contributed by atoms with Crippen LogP contribution in [0.25, 0.3) is 0 Å². The molecule has 1 saturated heterocycles. The summed E-state index contributed by atoms with van der Waals surface area (Å²) >= 11 is 0. The summed E-state index contributed by atoms with van der Waals surface area (Å²) in [7, 11) is 0. The molecule has 0 aromatic heterocycles. The van der Waals surface area contributed by atoms with Crippen LogP contribution in [0.1, 0.15) is 36.4 Å². The van der Waals surface area contributed by atoms with Gasteiger partial charge in [0.05, 0.1) is 6.61 Å². The van der Waals surface area contributed by atoms with Crippen LogP contribution in [0.2, 0.25) is 0 Å². The number of fused-ring (bicyclic) bond motifs is 1. The monoisotopic (exact) mass is 221 g/mol.